The van der Waals surface area contributed by atoms with Gasteiger partial charge in [0, 0.05) is 68.8 Å². The van der Waals surface area contributed by atoms with E-state index in [1.807, 2.05) is 53.6 Å². The third-order valence-electron chi connectivity index (χ3n) is 15.0. The minimum absolute atomic E-state index is 0.0894. The van der Waals surface area contributed by atoms with E-state index < -0.39 is 119 Å². The van der Waals surface area contributed by atoms with Gasteiger partial charge >= 0.3 is 11.9 Å². The van der Waals surface area contributed by atoms with Crippen LogP contribution in [0.3, 0.4) is 0 Å². The zero-order valence-electron chi connectivity index (χ0n) is 41.9. The predicted molar refractivity (Wildman–Crippen MR) is 250 cm³/mol. The molecule has 19 heteroatoms. The van der Waals surface area contributed by atoms with Gasteiger partial charge in [-0.25, -0.2) is 4.98 Å². The molecular weight excluding hydrogens is 889 g/mol. The number of rotatable bonds is 13. The van der Waals surface area contributed by atoms with E-state index in [2.05, 4.69) is 10.3 Å². The average molecular weight is 967 g/mol. The highest BCUT2D eigenvalue weighted by molar-refractivity contribution is 8.00. The Morgan fingerprint density at radius 3 is 2.25 bits per heavy atom. The molecule has 5 rings (SSSR count). The summed E-state index contributed by atoms with van der Waals surface area (Å²) in [7, 11) is 6.80. The van der Waals surface area contributed by atoms with Crippen LogP contribution in [0, 0.1) is 29.6 Å². The highest BCUT2D eigenvalue weighted by Crippen LogP contribution is 2.49. The maximum Gasteiger partial charge on any atom is 0.320 e. The summed E-state index contributed by atoms with van der Waals surface area (Å²) < 4.78 is 51.4. The van der Waals surface area contributed by atoms with E-state index in [0.717, 1.165) is 0 Å². The zero-order valence-corrected chi connectivity index (χ0v) is 42.7. The van der Waals surface area contributed by atoms with Crippen molar-refractivity contribution in [3.05, 3.63) is 23.9 Å². The number of aliphatic hydroxyl groups excluding tert-OH is 2. The Bertz CT molecular complexity index is 1880. The predicted octanol–water partition coefficient (Wildman–Crippen LogP) is 3.77. The fraction of sp³-hybridized carbons (Fsp3) is 0.812. The van der Waals surface area contributed by atoms with Crippen LogP contribution in [0.1, 0.15) is 105 Å². The first-order chi connectivity index (χ1) is 31.4. The quantitative estimate of drug-likeness (QED) is 0.163. The normalized spacial score (nSPS) is 42.4. The second kappa shape index (κ2) is 22.4. The number of hydrogen-bond donors (Lipinski definition) is 4. The van der Waals surface area contributed by atoms with Crippen LogP contribution in [0.25, 0.3) is 0 Å². The molecule has 0 aliphatic carbocycles. The van der Waals surface area contributed by atoms with Crippen molar-refractivity contribution in [1.29, 1.82) is 0 Å². The van der Waals surface area contributed by atoms with Crippen LogP contribution in [-0.4, -0.2) is 168 Å². The Balaban J connectivity index is 1.57. The van der Waals surface area contributed by atoms with Crippen LogP contribution in [0.5, 0.6) is 0 Å². The van der Waals surface area contributed by atoms with Crippen molar-refractivity contribution in [2.24, 2.45) is 29.6 Å². The minimum Gasteiger partial charge on any atom is -0.458 e. The number of Topliss-reactive ketones (excluding diaryl/α,β-unsaturated/α-hetero) is 1. The SMILES string of the molecule is CC[C@H]1OC(=O)[C@H](C)[C@@H](O[C@H]2C[C@@](C)(OC)[C@@H](O)[C@@H](C)O2)[C@H](C)[C@@H](O[C@@H]2O[C@H](C)C[C@H](N(C)C)[C@H]2O)[C@](C)(OC)C[C@@H](C)C(=O)[C@@H](C)C2C(SCCNC(=O)c3cccnc3N)C(=O)O[C@@]21C. The van der Waals surface area contributed by atoms with E-state index in [4.69, 9.17) is 43.6 Å². The molecule has 19 atom stereocenters. The molecule has 4 saturated heterocycles. The lowest BCUT2D eigenvalue weighted by molar-refractivity contribution is -0.319. The van der Waals surface area contributed by atoms with Gasteiger partial charge in [-0.2, -0.15) is 0 Å². The zero-order chi connectivity index (χ0) is 49.9. The number of amides is 1. The molecular formula is C48H78N4O14S. The molecule has 0 radical (unpaired) electrons. The van der Waals surface area contributed by atoms with Gasteiger partial charge in [-0.05, 0) is 87.0 Å². The smallest absolute Gasteiger partial charge is 0.320 e. The second-order valence-electron chi connectivity index (χ2n) is 20.1. The number of esters is 2. The number of nitrogens with two attached hydrogens (primary N) is 1. The number of carbonyl (C=O) groups is 4. The summed E-state index contributed by atoms with van der Waals surface area (Å²) in [6.45, 7) is 18.1. The molecule has 67 heavy (non-hydrogen) atoms. The van der Waals surface area contributed by atoms with Crippen LogP contribution in [0.2, 0.25) is 0 Å². The number of methoxy groups -OCH3 is 2. The first-order valence-corrected chi connectivity index (χ1v) is 24.7. The summed E-state index contributed by atoms with van der Waals surface area (Å²) in [5.74, 6) is -5.48. The van der Waals surface area contributed by atoms with E-state index in [0.29, 0.717) is 6.42 Å². The molecule has 0 bridgehead atoms. The van der Waals surface area contributed by atoms with E-state index >= 15 is 4.79 Å². The van der Waals surface area contributed by atoms with Crippen molar-refractivity contribution in [2.45, 2.75) is 178 Å². The monoisotopic (exact) mass is 967 g/mol. The van der Waals surface area contributed by atoms with Crippen LogP contribution in [0.15, 0.2) is 18.3 Å². The van der Waals surface area contributed by atoms with Crippen molar-refractivity contribution in [3.63, 3.8) is 0 Å². The third kappa shape index (κ3) is 11.6. The molecule has 18 nitrogen and oxygen atoms in total. The summed E-state index contributed by atoms with van der Waals surface area (Å²) in [6.07, 6.45) is -5.71. The lowest BCUT2D eigenvalue weighted by Crippen LogP contribution is -2.61. The second-order valence-corrected chi connectivity index (χ2v) is 21.3. The molecule has 4 aliphatic heterocycles. The molecule has 1 aromatic heterocycles. The third-order valence-corrected chi connectivity index (χ3v) is 16.3. The van der Waals surface area contributed by atoms with Crippen molar-refractivity contribution in [2.75, 3.05) is 46.3 Å². The molecule has 4 aliphatic rings. The number of aromatic nitrogens is 1. The molecule has 5 heterocycles. The van der Waals surface area contributed by atoms with Crippen molar-refractivity contribution in [3.8, 4) is 0 Å². The van der Waals surface area contributed by atoms with E-state index in [-0.39, 0.29) is 60.9 Å². The topological polar surface area (TPSA) is 237 Å². The van der Waals surface area contributed by atoms with Gasteiger partial charge < -0.3 is 64.1 Å². The number of thioether (sulfide) groups is 1. The molecule has 1 amide bonds. The number of pyridine rings is 1. The fourth-order valence-corrected chi connectivity index (χ4v) is 12.3. The Morgan fingerprint density at radius 2 is 1.64 bits per heavy atom. The molecule has 0 spiro atoms. The van der Waals surface area contributed by atoms with E-state index in [1.165, 1.54) is 32.2 Å². The van der Waals surface area contributed by atoms with Gasteiger partial charge in [0.05, 0.1) is 47.1 Å². The molecule has 380 valence electrons. The van der Waals surface area contributed by atoms with E-state index in [9.17, 15) is 24.6 Å². The summed E-state index contributed by atoms with van der Waals surface area (Å²) in [5.41, 5.74) is 2.35. The highest BCUT2D eigenvalue weighted by atomic mass is 32.2. The van der Waals surface area contributed by atoms with Gasteiger partial charge in [0.25, 0.3) is 5.91 Å². The largest absolute Gasteiger partial charge is 0.458 e. The van der Waals surface area contributed by atoms with Gasteiger partial charge in [-0.15, -0.1) is 11.8 Å². The Labute approximate surface area is 400 Å². The van der Waals surface area contributed by atoms with Crippen molar-refractivity contribution < 1.29 is 67.3 Å². The maximum absolute atomic E-state index is 15.0. The Kier molecular flexibility index (Phi) is 18.4. The first kappa shape index (κ1) is 55.0. The summed E-state index contributed by atoms with van der Waals surface area (Å²) in [5, 5.41) is 24.9. The van der Waals surface area contributed by atoms with Crippen LogP contribution >= 0.6 is 11.8 Å². The number of nitrogens with one attached hydrogen (secondary N) is 1. The highest BCUT2D eigenvalue weighted by Gasteiger charge is 2.62. The van der Waals surface area contributed by atoms with Gasteiger partial charge in [-0.3, -0.25) is 19.2 Å². The Morgan fingerprint density at radius 1 is 0.970 bits per heavy atom. The number of cyclic esters (lactones) is 1. The summed E-state index contributed by atoms with van der Waals surface area (Å²) in [6, 6.07) is 2.87. The van der Waals surface area contributed by atoms with Gasteiger partial charge in [0.15, 0.2) is 18.2 Å². The number of nitrogens with zero attached hydrogens (tertiary/aromatic N) is 2. The molecule has 4 fully saturated rings. The minimum atomic E-state index is -1.45. The van der Waals surface area contributed by atoms with Crippen molar-refractivity contribution >= 4 is 41.2 Å². The summed E-state index contributed by atoms with van der Waals surface area (Å²) in [4.78, 5) is 62.9. The number of nitrogen functional groups attached to an aromatic ring is 1. The molecule has 1 aromatic rings. The first-order valence-electron chi connectivity index (χ1n) is 23.7. The van der Waals surface area contributed by atoms with E-state index in [1.54, 1.807) is 46.8 Å². The van der Waals surface area contributed by atoms with Crippen LogP contribution in [-0.2, 0) is 52.3 Å². The maximum atomic E-state index is 15.0. The van der Waals surface area contributed by atoms with Crippen LogP contribution < -0.4 is 11.1 Å². The number of ketones is 1. The molecule has 2 unspecified atom stereocenters. The average Bonchev–Trinajstić information content (AvgIpc) is 3.54. The standard InChI is InChI=1S/C48H78N4O14S/c1-15-32-48(10)34(38(44(58)66-48)67-20-19-51-42(56)30-17-16-18-50-41(30)49)26(4)35(53)24(2)22-47(9,60-14)40(65-45-36(54)31(52(11)12)21-25(3)61-45)27(5)37(28(6)43(57)63-32)64-33-23-46(8,59-13)39(55)29(7)62-33/h16-18,24-29,31-34,36-40,45,54-55H,15,19-23H2,1-14H3,(H2,49,50)(H,51,56)/t24-,25-,26+,27+,28-,29-,31+,32-,33+,34?,36-,37+,38?,39+,40-,45+,46-,47-,48-/m1/s1. The lowest BCUT2D eigenvalue weighted by Gasteiger charge is -2.50. The molecule has 0 saturated carbocycles. The Hall–Kier alpha value is -2.98. The number of ether oxygens (including phenoxy) is 8. The summed E-state index contributed by atoms with van der Waals surface area (Å²) >= 11 is 1.26. The number of carbonyl (C=O) groups excluding carboxylic acids is 4. The number of hydrogen-bond acceptors (Lipinski definition) is 18. The van der Waals surface area contributed by atoms with Crippen LogP contribution in [0.4, 0.5) is 5.82 Å². The number of fused-ring (bicyclic) bond motifs is 1. The molecule has 5 N–H and O–H groups in total. The van der Waals surface area contributed by atoms with Crippen molar-refractivity contribution in [1.82, 2.24) is 15.2 Å². The fourth-order valence-electron chi connectivity index (χ4n) is 11.0. The number of anilines is 1. The van der Waals surface area contributed by atoms with Gasteiger partial charge in [0.2, 0.25) is 0 Å². The van der Waals surface area contributed by atoms with Gasteiger partial charge in [0.1, 0.15) is 35.2 Å². The molecule has 0 aromatic carbocycles. The van der Waals surface area contributed by atoms with Gasteiger partial charge in [-0.1, -0.05) is 27.7 Å². The number of aliphatic hydroxyl groups is 2. The number of likely N-dealkylation sites (N-methyl/N-ethyl adjacent to an activating group) is 1. The lowest BCUT2D eigenvalue weighted by atomic mass is 9.70.